The van der Waals surface area contributed by atoms with E-state index >= 15 is 0 Å². The third kappa shape index (κ3) is 3.11. The maximum Gasteiger partial charge on any atom is 0.227 e. The summed E-state index contributed by atoms with van der Waals surface area (Å²) in [7, 11) is 2.16. The van der Waals surface area contributed by atoms with Crippen LogP contribution in [-0.2, 0) is 13.5 Å². The van der Waals surface area contributed by atoms with Crippen LogP contribution < -0.4 is 4.57 Å². The van der Waals surface area contributed by atoms with Gasteiger partial charge in [0.15, 0.2) is 5.58 Å². The number of benzene rings is 2. The highest BCUT2D eigenvalue weighted by molar-refractivity contribution is 6.09. The van der Waals surface area contributed by atoms with Gasteiger partial charge in [0.25, 0.3) is 0 Å². The molecule has 0 aliphatic heterocycles. The second-order valence-corrected chi connectivity index (χ2v) is 9.20. The molecule has 3 heteroatoms. The summed E-state index contributed by atoms with van der Waals surface area (Å²) in [4.78, 5) is 4.65. The van der Waals surface area contributed by atoms with Gasteiger partial charge in [-0.1, -0.05) is 26.0 Å². The smallest absolute Gasteiger partial charge is 0.227 e. The van der Waals surface area contributed by atoms with Crippen molar-refractivity contribution < 1.29 is 8.98 Å². The van der Waals surface area contributed by atoms with Gasteiger partial charge in [0.05, 0.1) is 5.56 Å². The van der Waals surface area contributed by atoms with Crippen molar-refractivity contribution in [1.82, 2.24) is 4.98 Å². The van der Waals surface area contributed by atoms with Crippen LogP contribution in [0, 0.1) is 26.7 Å². The van der Waals surface area contributed by atoms with Gasteiger partial charge in [-0.15, -0.1) is 0 Å². The lowest BCUT2D eigenvalue weighted by Crippen LogP contribution is -2.32. The van der Waals surface area contributed by atoms with Crippen LogP contribution in [0.4, 0.5) is 0 Å². The summed E-state index contributed by atoms with van der Waals surface area (Å²) in [5.74, 6) is 0.626. The molecule has 0 bridgehead atoms. The molecule has 0 atom stereocenters. The summed E-state index contributed by atoms with van der Waals surface area (Å²) < 4.78 is 8.69. The average Bonchev–Trinajstić information content (AvgIpc) is 3.07. The van der Waals surface area contributed by atoms with Crippen molar-refractivity contribution in [3.63, 3.8) is 0 Å². The van der Waals surface area contributed by atoms with E-state index in [0.717, 1.165) is 39.7 Å². The van der Waals surface area contributed by atoms with Crippen molar-refractivity contribution in [2.45, 2.75) is 41.0 Å². The van der Waals surface area contributed by atoms with Crippen LogP contribution in [0.15, 0.2) is 52.9 Å². The molecule has 5 rings (SSSR count). The topological polar surface area (TPSA) is 29.9 Å². The highest BCUT2D eigenvalue weighted by Crippen LogP contribution is 2.38. The molecule has 0 spiro atoms. The molecule has 0 amide bonds. The first-order valence-electron chi connectivity index (χ1n) is 11.1. The highest BCUT2D eigenvalue weighted by atomic mass is 16.3. The number of aryl methyl sites for hydroxylation is 3. The van der Waals surface area contributed by atoms with E-state index in [2.05, 4.69) is 92.8 Å². The fourth-order valence-electron chi connectivity index (χ4n) is 4.78. The average molecular weight is 410 g/mol. The molecule has 5 aromatic rings. The first-order chi connectivity index (χ1) is 14.8. The molecular formula is C28H29N2O+. The number of aromatic nitrogens is 2. The SMILES string of the molecule is Cc1ccc2c(n1)oc1c(-c3ccc4c(CC(C)C)cccc4[n+]3C)c(C)c(C)cc12. The number of furan rings is 1. The van der Waals surface area contributed by atoms with Crippen LogP contribution in [0.5, 0.6) is 0 Å². The van der Waals surface area contributed by atoms with E-state index in [-0.39, 0.29) is 0 Å². The Labute approximate surface area is 183 Å². The molecule has 0 fully saturated rings. The van der Waals surface area contributed by atoms with Crippen LogP contribution in [0.2, 0.25) is 0 Å². The van der Waals surface area contributed by atoms with Crippen LogP contribution >= 0.6 is 0 Å². The quantitative estimate of drug-likeness (QED) is 0.309. The summed E-state index contributed by atoms with van der Waals surface area (Å²) >= 11 is 0. The largest absolute Gasteiger partial charge is 0.437 e. The van der Waals surface area contributed by atoms with E-state index in [0.29, 0.717) is 11.6 Å². The molecule has 3 aromatic heterocycles. The Kier molecular flexibility index (Phi) is 4.58. The summed E-state index contributed by atoms with van der Waals surface area (Å²) in [6, 6.07) is 17.6. The van der Waals surface area contributed by atoms with E-state index in [1.54, 1.807) is 0 Å². The van der Waals surface area contributed by atoms with Gasteiger partial charge >= 0.3 is 0 Å². The van der Waals surface area contributed by atoms with Crippen molar-refractivity contribution in [2.75, 3.05) is 0 Å². The van der Waals surface area contributed by atoms with E-state index in [4.69, 9.17) is 4.42 Å². The van der Waals surface area contributed by atoms with E-state index < -0.39 is 0 Å². The summed E-state index contributed by atoms with van der Waals surface area (Å²) in [6.07, 6.45) is 1.08. The van der Waals surface area contributed by atoms with Crippen molar-refractivity contribution in [3.05, 3.63) is 70.9 Å². The van der Waals surface area contributed by atoms with Gasteiger partial charge in [0, 0.05) is 34.0 Å². The zero-order valence-electron chi connectivity index (χ0n) is 19.2. The molecular weight excluding hydrogens is 380 g/mol. The molecule has 31 heavy (non-hydrogen) atoms. The van der Waals surface area contributed by atoms with Crippen molar-refractivity contribution in [1.29, 1.82) is 0 Å². The number of pyridine rings is 2. The van der Waals surface area contributed by atoms with Gasteiger partial charge in [0.1, 0.15) is 7.05 Å². The van der Waals surface area contributed by atoms with E-state index in [1.165, 1.54) is 27.6 Å². The minimum absolute atomic E-state index is 0.626. The molecule has 0 saturated carbocycles. The maximum absolute atomic E-state index is 6.37. The minimum Gasteiger partial charge on any atom is -0.437 e. The first-order valence-corrected chi connectivity index (χ1v) is 11.1. The Morgan fingerprint density at radius 1 is 0.935 bits per heavy atom. The van der Waals surface area contributed by atoms with E-state index in [1.807, 2.05) is 6.92 Å². The van der Waals surface area contributed by atoms with E-state index in [9.17, 15) is 0 Å². The van der Waals surface area contributed by atoms with Crippen molar-refractivity contribution in [3.8, 4) is 11.3 Å². The lowest BCUT2D eigenvalue weighted by atomic mass is 9.94. The Hall–Kier alpha value is -3.20. The zero-order chi connectivity index (χ0) is 21.9. The predicted molar refractivity (Wildman–Crippen MR) is 128 cm³/mol. The minimum atomic E-state index is 0.626. The van der Waals surface area contributed by atoms with Crippen LogP contribution in [-0.4, -0.2) is 4.98 Å². The van der Waals surface area contributed by atoms with Gasteiger partial charge in [-0.25, -0.2) is 4.98 Å². The molecule has 0 aliphatic rings. The number of hydrogen-bond acceptors (Lipinski definition) is 2. The van der Waals surface area contributed by atoms with Gasteiger partial charge in [-0.05, 0) is 74.1 Å². The van der Waals surface area contributed by atoms with Gasteiger partial charge < -0.3 is 4.42 Å². The van der Waals surface area contributed by atoms with Crippen molar-refractivity contribution in [2.24, 2.45) is 13.0 Å². The molecule has 0 N–H and O–H groups in total. The molecule has 3 nitrogen and oxygen atoms in total. The normalized spacial score (nSPS) is 12.0. The number of nitrogens with zero attached hydrogens (tertiary/aromatic N) is 2. The Bertz CT molecular complexity index is 1470. The fourth-order valence-corrected chi connectivity index (χ4v) is 4.78. The third-order valence-corrected chi connectivity index (χ3v) is 6.48. The Morgan fingerprint density at radius 3 is 2.48 bits per heavy atom. The molecule has 0 unspecified atom stereocenters. The second kappa shape index (κ2) is 7.19. The van der Waals surface area contributed by atoms with Crippen molar-refractivity contribution >= 4 is 33.0 Å². The number of hydrogen-bond donors (Lipinski definition) is 0. The number of rotatable bonds is 3. The third-order valence-electron chi connectivity index (χ3n) is 6.48. The number of fused-ring (bicyclic) bond motifs is 4. The highest BCUT2D eigenvalue weighted by Gasteiger charge is 2.24. The zero-order valence-corrected chi connectivity index (χ0v) is 19.2. The standard InChI is InChI=1S/C28H29N2O/c1-16(2)14-20-8-7-9-24-21(20)12-13-25(30(24)6)26-19(5)17(3)15-23-22-11-10-18(4)29-28(22)31-27(23)26/h7-13,15-16H,14H2,1-6H3/q+1. The molecule has 3 heterocycles. The Balaban J connectivity index is 1.84. The molecule has 0 radical (unpaired) electrons. The fraction of sp³-hybridized carbons (Fsp3) is 0.286. The summed E-state index contributed by atoms with van der Waals surface area (Å²) in [6.45, 7) is 10.9. The lowest BCUT2D eigenvalue weighted by Gasteiger charge is -2.12. The van der Waals surface area contributed by atoms with Crippen LogP contribution in [0.1, 0.15) is 36.2 Å². The molecule has 156 valence electrons. The van der Waals surface area contributed by atoms with Crippen LogP contribution in [0.3, 0.4) is 0 Å². The first kappa shape index (κ1) is 19.7. The molecule has 0 saturated heterocycles. The maximum atomic E-state index is 6.37. The monoisotopic (exact) mass is 409 g/mol. The summed E-state index contributed by atoms with van der Waals surface area (Å²) in [5, 5.41) is 3.53. The predicted octanol–water partition coefficient (Wildman–Crippen LogP) is 6.75. The van der Waals surface area contributed by atoms with Gasteiger partial charge in [-0.2, -0.15) is 4.57 Å². The Morgan fingerprint density at radius 2 is 1.71 bits per heavy atom. The second-order valence-electron chi connectivity index (χ2n) is 9.20. The molecule has 0 aliphatic carbocycles. The van der Waals surface area contributed by atoms with Gasteiger partial charge in [0.2, 0.25) is 16.9 Å². The molecule has 2 aromatic carbocycles. The van der Waals surface area contributed by atoms with Crippen LogP contribution in [0.25, 0.3) is 44.2 Å². The van der Waals surface area contributed by atoms with Gasteiger partial charge in [-0.3, -0.25) is 0 Å². The lowest BCUT2D eigenvalue weighted by molar-refractivity contribution is -0.633. The summed E-state index contributed by atoms with van der Waals surface area (Å²) in [5.41, 5.74) is 10.1.